The van der Waals surface area contributed by atoms with Crippen molar-refractivity contribution in [3.8, 4) is 0 Å². The summed E-state index contributed by atoms with van der Waals surface area (Å²) < 4.78 is 73.9. The standard InChI is InChI=1S/C25H32F3N3O5S2/c1-24(33,25(26,27)28)18-6-8-19(9-7-18)31-11-10-30(38(34,35)23-5-3-2-4-22(23)37)15-20(31)14-29-12-13-36-17-21(29)16-32/h2-9,20-21,32-33,37H,10-17H2,1H3/t20-,21+,24-/m1/s1. The van der Waals surface area contributed by atoms with E-state index >= 15 is 0 Å². The van der Waals surface area contributed by atoms with E-state index in [4.69, 9.17) is 4.74 Å². The molecule has 0 saturated carbocycles. The van der Waals surface area contributed by atoms with Crippen molar-refractivity contribution >= 4 is 28.3 Å². The lowest BCUT2D eigenvalue weighted by Gasteiger charge is -2.46. The molecule has 0 unspecified atom stereocenters. The van der Waals surface area contributed by atoms with E-state index in [0.717, 1.165) is 0 Å². The van der Waals surface area contributed by atoms with Gasteiger partial charge in [0.2, 0.25) is 10.0 Å². The van der Waals surface area contributed by atoms with Crippen molar-refractivity contribution < 1.29 is 36.5 Å². The van der Waals surface area contributed by atoms with Crippen LogP contribution in [0, 0.1) is 0 Å². The van der Waals surface area contributed by atoms with Gasteiger partial charge in [-0.15, -0.1) is 12.6 Å². The van der Waals surface area contributed by atoms with E-state index in [1.807, 2.05) is 9.80 Å². The van der Waals surface area contributed by atoms with Crippen LogP contribution in [0.4, 0.5) is 18.9 Å². The van der Waals surface area contributed by atoms with E-state index in [0.29, 0.717) is 50.4 Å². The summed E-state index contributed by atoms with van der Waals surface area (Å²) in [4.78, 5) is 4.46. The Bertz CT molecular complexity index is 1210. The molecule has 2 aromatic carbocycles. The van der Waals surface area contributed by atoms with Crippen molar-refractivity contribution in [1.29, 1.82) is 0 Å². The average Bonchev–Trinajstić information content (AvgIpc) is 2.88. The molecule has 0 amide bonds. The molecular weight excluding hydrogens is 543 g/mol. The van der Waals surface area contributed by atoms with Gasteiger partial charge in [0, 0.05) is 43.3 Å². The molecule has 2 saturated heterocycles. The number of anilines is 1. The second kappa shape index (κ2) is 11.3. The van der Waals surface area contributed by atoms with Crippen LogP contribution in [0.15, 0.2) is 58.3 Å². The molecule has 0 aliphatic carbocycles. The van der Waals surface area contributed by atoms with Crippen molar-refractivity contribution in [3.63, 3.8) is 0 Å². The maximum atomic E-state index is 13.5. The molecule has 210 valence electrons. The Morgan fingerprint density at radius 1 is 1.05 bits per heavy atom. The molecule has 8 nitrogen and oxygen atoms in total. The van der Waals surface area contributed by atoms with Gasteiger partial charge in [0.1, 0.15) is 0 Å². The van der Waals surface area contributed by atoms with Crippen LogP contribution in [0.3, 0.4) is 0 Å². The smallest absolute Gasteiger partial charge is 0.395 e. The lowest BCUT2D eigenvalue weighted by atomic mass is 9.95. The zero-order chi connectivity index (χ0) is 27.7. The minimum absolute atomic E-state index is 0.105. The zero-order valence-corrected chi connectivity index (χ0v) is 22.6. The molecule has 38 heavy (non-hydrogen) atoms. The molecule has 4 rings (SSSR count). The molecular formula is C25H32F3N3O5S2. The second-order valence-corrected chi connectivity index (χ2v) is 12.1. The number of piperazine rings is 1. The van der Waals surface area contributed by atoms with Crippen LogP contribution in [-0.4, -0.2) is 98.6 Å². The Balaban J connectivity index is 1.63. The molecule has 0 aromatic heterocycles. The van der Waals surface area contributed by atoms with Crippen LogP contribution in [0.25, 0.3) is 0 Å². The summed E-state index contributed by atoms with van der Waals surface area (Å²) in [5.41, 5.74) is -2.68. The quantitative estimate of drug-likeness (QED) is 0.437. The summed E-state index contributed by atoms with van der Waals surface area (Å²) in [6.45, 7) is 2.95. The number of halogens is 3. The number of thiol groups is 1. The van der Waals surface area contributed by atoms with E-state index in [1.165, 1.54) is 34.6 Å². The van der Waals surface area contributed by atoms with Gasteiger partial charge < -0.3 is 19.8 Å². The molecule has 2 fully saturated rings. The van der Waals surface area contributed by atoms with Crippen LogP contribution < -0.4 is 4.90 Å². The first-order valence-corrected chi connectivity index (χ1v) is 14.1. The topological polar surface area (TPSA) is 93.6 Å². The third-order valence-corrected chi connectivity index (χ3v) is 9.71. The number of hydrogen-bond donors (Lipinski definition) is 3. The first-order chi connectivity index (χ1) is 17.9. The van der Waals surface area contributed by atoms with Crippen LogP contribution in [0.1, 0.15) is 12.5 Å². The van der Waals surface area contributed by atoms with E-state index in [1.54, 1.807) is 18.2 Å². The van der Waals surface area contributed by atoms with Crippen molar-refractivity contribution in [2.24, 2.45) is 0 Å². The average molecular weight is 576 g/mol. The maximum Gasteiger partial charge on any atom is 0.421 e. The molecule has 0 spiro atoms. The molecule has 3 atom stereocenters. The van der Waals surface area contributed by atoms with Crippen LogP contribution >= 0.6 is 12.6 Å². The normalized spacial score (nSPS) is 23.8. The predicted octanol–water partition coefficient (Wildman–Crippen LogP) is 2.32. The number of alkyl halides is 3. The van der Waals surface area contributed by atoms with Gasteiger partial charge in [-0.25, -0.2) is 8.42 Å². The number of rotatable bonds is 7. The van der Waals surface area contributed by atoms with Gasteiger partial charge in [-0.3, -0.25) is 4.90 Å². The van der Waals surface area contributed by atoms with Crippen LogP contribution in [0.5, 0.6) is 0 Å². The van der Waals surface area contributed by atoms with Gasteiger partial charge in [-0.05, 0) is 36.8 Å². The number of aliphatic hydroxyl groups excluding tert-OH is 1. The Labute approximate surface area is 226 Å². The first-order valence-electron chi connectivity index (χ1n) is 12.2. The summed E-state index contributed by atoms with van der Waals surface area (Å²) in [5.74, 6) is 0. The predicted molar refractivity (Wildman–Crippen MR) is 139 cm³/mol. The zero-order valence-electron chi connectivity index (χ0n) is 20.9. The molecule has 2 heterocycles. The fourth-order valence-electron chi connectivity index (χ4n) is 4.87. The summed E-state index contributed by atoms with van der Waals surface area (Å²) >= 11 is 4.32. The summed E-state index contributed by atoms with van der Waals surface area (Å²) in [6, 6.07) is 11.3. The van der Waals surface area contributed by atoms with Gasteiger partial charge >= 0.3 is 6.18 Å². The molecule has 2 aliphatic rings. The lowest BCUT2D eigenvalue weighted by molar-refractivity contribution is -0.258. The van der Waals surface area contributed by atoms with Crippen molar-refractivity contribution in [2.45, 2.75) is 40.6 Å². The van der Waals surface area contributed by atoms with Crippen molar-refractivity contribution in [1.82, 2.24) is 9.21 Å². The fraction of sp³-hybridized carbons (Fsp3) is 0.520. The third kappa shape index (κ3) is 5.83. The summed E-state index contributed by atoms with van der Waals surface area (Å²) in [5, 5.41) is 19.9. The van der Waals surface area contributed by atoms with E-state index in [2.05, 4.69) is 12.6 Å². The van der Waals surface area contributed by atoms with Gasteiger partial charge in [0.25, 0.3) is 0 Å². The number of benzene rings is 2. The van der Waals surface area contributed by atoms with E-state index in [9.17, 15) is 31.8 Å². The Kier molecular flexibility index (Phi) is 8.67. The highest BCUT2D eigenvalue weighted by molar-refractivity contribution is 7.90. The minimum Gasteiger partial charge on any atom is -0.395 e. The van der Waals surface area contributed by atoms with Crippen molar-refractivity contribution in [2.75, 3.05) is 57.4 Å². The number of morpholine rings is 1. The van der Waals surface area contributed by atoms with Crippen LogP contribution in [-0.2, 0) is 20.4 Å². The van der Waals surface area contributed by atoms with Crippen LogP contribution in [0.2, 0.25) is 0 Å². The Morgan fingerprint density at radius 3 is 2.37 bits per heavy atom. The first kappa shape index (κ1) is 29.1. The van der Waals surface area contributed by atoms with Gasteiger partial charge in [-0.2, -0.15) is 17.5 Å². The summed E-state index contributed by atoms with van der Waals surface area (Å²) in [7, 11) is -3.85. The number of sulfonamides is 1. The number of nitrogens with zero attached hydrogens (tertiary/aromatic N) is 3. The highest BCUT2D eigenvalue weighted by Gasteiger charge is 2.51. The molecule has 2 aromatic rings. The van der Waals surface area contributed by atoms with Gasteiger partial charge in [-0.1, -0.05) is 24.3 Å². The monoisotopic (exact) mass is 575 g/mol. The highest BCUT2D eigenvalue weighted by Crippen LogP contribution is 2.39. The SMILES string of the molecule is C[C@@](O)(c1ccc(N2CCN(S(=O)(=O)c3ccccc3S)C[C@H]2CN2CCOC[C@@H]2CO)cc1)C(F)(F)F. The molecule has 0 bridgehead atoms. The van der Waals surface area contributed by atoms with E-state index < -0.39 is 21.8 Å². The van der Waals surface area contributed by atoms with Gasteiger partial charge in [0.05, 0.1) is 36.8 Å². The number of ether oxygens (including phenoxy) is 1. The fourth-order valence-corrected chi connectivity index (χ4v) is 6.92. The second-order valence-electron chi connectivity index (χ2n) is 9.70. The number of aliphatic hydroxyl groups is 2. The van der Waals surface area contributed by atoms with E-state index in [-0.39, 0.29) is 42.2 Å². The molecule has 13 heteroatoms. The third-order valence-electron chi connectivity index (χ3n) is 7.25. The van der Waals surface area contributed by atoms with Gasteiger partial charge in [0.15, 0.2) is 5.60 Å². The lowest BCUT2D eigenvalue weighted by Crippen LogP contribution is -2.61. The highest BCUT2D eigenvalue weighted by atomic mass is 32.2. The number of hydrogen-bond acceptors (Lipinski definition) is 8. The van der Waals surface area contributed by atoms with Crippen molar-refractivity contribution in [3.05, 3.63) is 54.1 Å². The maximum absolute atomic E-state index is 13.5. The summed E-state index contributed by atoms with van der Waals surface area (Å²) in [6.07, 6.45) is -4.84. The Hall–Kier alpha value is -1.87. The molecule has 0 radical (unpaired) electrons. The minimum atomic E-state index is -4.84. The molecule has 2 aliphatic heterocycles. The Morgan fingerprint density at radius 2 is 1.74 bits per heavy atom. The largest absolute Gasteiger partial charge is 0.421 e. The molecule has 2 N–H and O–H groups in total.